The predicted molar refractivity (Wildman–Crippen MR) is 81.3 cm³/mol. The van der Waals surface area contributed by atoms with E-state index in [1.54, 1.807) is 12.3 Å². The normalized spacial score (nSPS) is 27.7. The lowest BCUT2D eigenvalue weighted by Gasteiger charge is -2.31. The summed E-state index contributed by atoms with van der Waals surface area (Å²) in [4.78, 5) is 0.794. The summed E-state index contributed by atoms with van der Waals surface area (Å²) in [6.45, 7) is 5.89. The van der Waals surface area contributed by atoms with Gasteiger partial charge in [0, 0.05) is 6.04 Å². The molecular weight excluding hydrogens is 294 g/mol. The van der Waals surface area contributed by atoms with Crippen molar-refractivity contribution < 1.29 is 13.5 Å². The summed E-state index contributed by atoms with van der Waals surface area (Å²) < 4.78 is 28.0. The van der Waals surface area contributed by atoms with Crippen molar-refractivity contribution in [3.8, 4) is 0 Å². The highest BCUT2D eigenvalue weighted by Gasteiger charge is 2.30. The lowest BCUT2D eigenvalue weighted by molar-refractivity contribution is 0.257. The maximum Gasteiger partial charge on any atom is 0.242 e. The summed E-state index contributed by atoms with van der Waals surface area (Å²) in [6.07, 6.45) is 2.94. The minimum atomic E-state index is -3.54. The van der Waals surface area contributed by atoms with Crippen LogP contribution in [0.3, 0.4) is 0 Å². The van der Waals surface area contributed by atoms with Crippen LogP contribution in [0.25, 0.3) is 0 Å². The number of rotatable bonds is 4. The molecule has 0 radical (unpaired) electrons. The summed E-state index contributed by atoms with van der Waals surface area (Å²) >= 11 is 1.30. The van der Waals surface area contributed by atoms with Gasteiger partial charge in [-0.05, 0) is 49.0 Å². The molecule has 4 nitrogen and oxygen atoms in total. The fraction of sp³-hybridized carbons (Fsp3) is 0.714. The van der Waals surface area contributed by atoms with Gasteiger partial charge in [-0.2, -0.15) is 0 Å². The van der Waals surface area contributed by atoms with Crippen molar-refractivity contribution in [1.29, 1.82) is 0 Å². The highest BCUT2D eigenvalue weighted by molar-refractivity contribution is 7.89. The molecule has 0 aliphatic heterocycles. The number of aliphatic hydroxyl groups is 1. The van der Waals surface area contributed by atoms with Crippen LogP contribution in [-0.4, -0.2) is 19.6 Å². The van der Waals surface area contributed by atoms with E-state index >= 15 is 0 Å². The van der Waals surface area contributed by atoms with Gasteiger partial charge in [0.05, 0.1) is 11.5 Å². The van der Waals surface area contributed by atoms with Crippen LogP contribution in [0.2, 0.25) is 0 Å². The summed E-state index contributed by atoms with van der Waals surface area (Å²) in [5.74, 6) is 1.10. The first-order valence-electron chi connectivity index (χ1n) is 7.03. The molecule has 1 aliphatic rings. The van der Waals surface area contributed by atoms with Crippen LogP contribution in [0.5, 0.6) is 0 Å². The van der Waals surface area contributed by atoms with Gasteiger partial charge in [0.1, 0.15) is 4.90 Å². The van der Waals surface area contributed by atoms with E-state index in [2.05, 4.69) is 18.6 Å². The van der Waals surface area contributed by atoms with E-state index in [1.165, 1.54) is 11.3 Å². The molecule has 1 aromatic heterocycles. The number of sulfonamides is 1. The second-order valence-corrected chi connectivity index (χ2v) is 8.68. The van der Waals surface area contributed by atoms with Crippen molar-refractivity contribution in [1.82, 2.24) is 4.72 Å². The zero-order valence-electron chi connectivity index (χ0n) is 12.2. The number of thiophene rings is 1. The first-order chi connectivity index (χ1) is 9.33. The molecule has 1 fully saturated rings. The predicted octanol–water partition coefficient (Wildman–Crippen LogP) is 2.65. The molecule has 114 valence electrons. The highest BCUT2D eigenvalue weighted by atomic mass is 32.2. The van der Waals surface area contributed by atoms with Crippen molar-refractivity contribution >= 4 is 21.4 Å². The fourth-order valence-corrected chi connectivity index (χ4v) is 6.20. The molecular formula is C14H23NO3S2. The summed E-state index contributed by atoms with van der Waals surface area (Å²) in [5, 5.41) is 11.1. The van der Waals surface area contributed by atoms with Crippen molar-refractivity contribution in [2.24, 2.45) is 11.8 Å². The van der Waals surface area contributed by atoms with Crippen LogP contribution >= 0.6 is 11.3 Å². The van der Waals surface area contributed by atoms with E-state index in [1.807, 2.05) is 0 Å². The minimum absolute atomic E-state index is 0.00425. The number of nitrogens with one attached hydrogen (secondary N) is 1. The molecule has 20 heavy (non-hydrogen) atoms. The molecule has 2 atom stereocenters. The zero-order chi connectivity index (χ0) is 14.9. The molecule has 2 N–H and O–H groups in total. The van der Waals surface area contributed by atoms with Crippen molar-refractivity contribution in [2.45, 2.75) is 57.6 Å². The maximum absolute atomic E-state index is 12.6. The van der Waals surface area contributed by atoms with Gasteiger partial charge in [-0.25, -0.2) is 13.1 Å². The van der Waals surface area contributed by atoms with Gasteiger partial charge in [0.25, 0.3) is 0 Å². The van der Waals surface area contributed by atoms with Crippen molar-refractivity contribution in [3.05, 3.63) is 15.8 Å². The Morgan fingerprint density at radius 3 is 2.45 bits per heavy atom. The van der Waals surface area contributed by atoms with Gasteiger partial charge >= 0.3 is 0 Å². The molecule has 6 heteroatoms. The Bertz CT molecular complexity index is 555. The number of hydrogen-bond acceptors (Lipinski definition) is 4. The third-order valence-corrected chi connectivity index (χ3v) is 6.87. The van der Waals surface area contributed by atoms with E-state index in [0.29, 0.717) is 22.3 Å². The number of aryl methyl sites for hydroxylation is 1. The molecule has 1 saturated carbocycles. The SMILES string of the molecule is Cc1csc(CO)c1S(=O)(=O)NC1CC(C)CC(C)C1. The lowest BCUT2D eigenvalue weighted by Crippen LogP contribution is -2.40. The summed E-state index contributed by atoms with van der Waals surface area (Å²) in [5.41, 5.74) is 0.712. The van der Waals surface area contributed by atoms with E-state index < -0.39 is 10.0 Å². The highest BCUT2D eigenvalue weighted by Crippen LogP contribution is 2.31. The average molecular weight is 317 g/mol. The van der Waals surface area contributed by atoms with Crippen LogP contribution in [-0.2, 0) is 16.6 Å². The Hall–Kier alpha value is -0.430. The van der Waals surface area contributed by atoms with Gasteiger partial charge in [0.15, 0.2) is 0 Å². The second-order valence-electron chi connectivity index (χ2n) is 6.06. The van der Waals surface area contributed by atoms with Crippen molar-refractivity contribution in [3.63, 3.8) is 0 Å². The van der Waals surface area contributed by atoms with Gasteiger partial charge in [-0.3, -0.25) is 0 Å². The molecule has 2 rings (SSSR count). The molecule has 2 unspecified atom stereocenters. The molecule has 1 aromatic rings. The number of hydrogen-bond donors (Lipinski definition) is 2. The minimum Gasteiger partial charge on any atom is -0.391 e. The van der Waals surface area contributed by atoms with Crippen LogP contribution < -0.4 is 4.72 Å². The largest absolute Gasteiger partial charge is 0.391 e. The van der Waals surface area contributed by atoms with Crippen LogP contribution in [0.4, 0.5) is 0 Å². The zero-order valence-corrected chi connectivity index (χ0v) is 13.9. The van der Waals surface area contributed by atoms with Crippen LogP contribution in [0.1, 0.15) is 43.6 Å². The summed E-state index contributed by atoms with van der Waals surface area (Å²) in [6, 6.07) is 0.00425. The van der Waals surface area contributed by atoms with Crippen molar-refractivity contribution in [2.75, 3.05) is 0 Å². The quantitative estimate of drug-likeness (QED) is 0.897. The van der Waals surface area contributed by atoms with Gasteiger partial charge < -0.3 is 5.11 Å². The summed E-state index contributed by atoms with van der Waals surface area (Å²) in [7, 11) is -3.54. The third kappa shape index (κ3) is 3.42. The Labute approximate surface area is 125 Å². The molecule has 0 bridgehead atoms. The standard InChI is InChI=1S/C14H23NO3S2/c1-9-4-10(2)6-12(5-9)15-20(17,18)14-11(3)8-19-13(14)7-16/h8-10,12,15-16H,4-7H2,1-3H3. The average Bonchev–Trinajstić information content (AvgIpc) is 2.69. The third-order valence-electron chi connectivity index (χ3n) is 3.90. The smallest absolute Gasteiger partial charge is 0.242 e. The Balaban J connectivity index is 2.21. The van der Waals surface area contributed by atoms with E-state index in [9.17, 15) is 13.5 Å². The monoisotopic (exact) mass is 317 g/mol. The maximum atomic E-state index is 12.6. The molecule has 0 aromatic carbocycles. The second kappa shape index (κ2) is 6.13. The Morgan fingerprint density at radius 1 is 1.30 bits per heavy atom. The molecule has 0 spiro atoms. The van der Waals surface area contributed by atoms with Crippen LogP contribution in [0, 0.1) is 18.8 Å². The first-order valence-corrected chi connectivity index (χ1v) is 9.40. The Morgan fingerprint density at radius 2 is 1.90 bits per heavy atom. The first kappa shape index (κ1) is 15.9. The Kier molecular flexibility index (Phi) is 4.89. The lowest BCUT2D eigenvalue weighted by atomic mass is 9.81. The van der Waals surface area contributed by atoms with Crippen LogP contribution in [0.15, 0.2) is 10.3 Å². The number of aliphatic hydroxyl groups excluding tert-OH is 1. The molecule has 0 saturated heterocycles. The van der Waals surface area contributed by atoms with E-state index in [-0.39, 0.29) is 17.5 Å². The van der Waals surface area contributed by atoms with E-state index in [0.717, 1.165) is 19.3 Å². The fourth-order valence-electron chi connectivity index (χ4n) is 3.28. The molecule has 1 aliphatic carbocycles. The molecule has 0 amide bonds. The van der Waals surface area contributed by atoms with Gasteiger partial charge in [-0.1, -0.05) is 13.8 Å². The molecule has 1 heterocycles. The van der Waals surface area contributed by atoms with Gasteiger partial charge in [0.2, 0.25) is 10.0 Å². The van der Waals surface area contributed by atoms with Gasteiger partial charge in [-0.15, -0.1) is 11.3 Å². The van der Waals surface area contributed by atoms with E-state index in [4.69, 9.17) is 0 Å². The topological polar surface area (TPSA) is 66.4 Å².